The molecule has 4 heteroatoms. The van der Waals surface area contributed by atoms with Crippen LogP contribution in [0, 0.1) is 3.57 Å². The molecule has 0 aliphatic carbocycles. The Morgan fingerprint density at radius 1 is 1.22 bits per heavy atom. The third-order valence-electron chi connectivity index (χ3n) is 3.14. The Morgan fingerprint density at radius 3 is 2.44 bits per heavy atom. The van der Waals surface area contributed by atoms with Crippen molar-refractivity contribution in [1.29, 1.82) is 0 Å². The molecule has 1 aromatic rings. The molecule has 0 bridgehead atoms. The molecule has 1 saturated heterocycles. The lowest BCUT2D eigenvalue weighted by Gasteiger charge is -2.29. The Hall–Kier alpha value is -0.780. The van der Waals surface area contributed by atoms with Crippen molar-refractivity contribution in [2.24, 2.45) is 0 Å². The first-order valence-corrected chi connectivity index (χ1v) is 7.46. The predicted octanol–water partition coefficient (Wildman–Crippen LogP) is 3.07. The van der Waals surface area contributed by atoms with Crippen LogP contribution in [0.15, 0.2) is 24.3 Å². The van der Waals surface area contributed by atoms with Crippen molar-refractivity contribution in [3.8, 4) is 5.75 Å². The topological polar surface area (TPSA) is 29.5 Å². The summed E-state index contributed by atoms with van der Waals surface area (Å²) in [5.74, 6) is 0.863. The molecule has 0 aromatic heterocycles. The first-order chi connectivity index (χ1) is 8.66. The number of amides is 1. The van der Waals surface area contributed by atoms with Gasteiger partial charge in [-0.15, -0.1) is 0 Å². The minimum Gasteiger partial charge on any atom is -0.481 e. The third-order valence-corrected chi connectivity index (χ3v) is 3.86. The van der Waals surface area contributed by atoms with Crippen molar-refractivity contribution < 1.29 is 9.53 Å². The van der Waals surface area contributed by atoms with E-state index < -0.39 is 6.10 Å². The number of rotatable bonds is 3. The van der Waals surface area contributed by atoms with E-state index in [1.54, 1.807) is 0 Å². The van der Waals surface area contributed by atoms with Crippen LogP contribution in [0.4, 0.5) is 0 Å². The average Bonchev–Trinajstić information content (AvgIpc) is 2.41. The Bertz CT molecular complexity index is 399. The highest BCUT2D eigenvalue weighted by Crippen LogP contribution is 2.17. The lowest BCUT2D eigenvalue weighted by molar-refractivity contribution is -0.138. The smallest absolute Gasteiger partial charge is 0.263 e. The fraction of sp³-hybridized carbons (Fsp3) is 0.500. The summed E-state index contributed by atoms with van der Waals surface area (Å²) >= 11 is 2.25. The highest BCUT2D eigenvalue weighted by Gasteiger charge is 2.23. The fourth-order valence-corrected chi connectivity index (χ4v) is 2.50. The Morgan fingerprint density at radius 2 is 1.83 bits per heavy atom. The lowest BCUT2D eigenvalue weighted by atomic mass is 10.1. The van der Waals surface area contributed by atoms with Gasteiger partial charge in [0.15, 0.2) is 6.10 Å². The molecule has 3 nitrogen and oxygen atoms in total. The summed E-state index contributed by atoms with van der Waals surface area (Å²) in [6.07, 6.45) is 3.06. The number of likely N-dealkylation sites (tertiary alicyclic amines) is 1. The summed E-state index contributed by atoms with van der Waals surface area (Å²) in [7, 11) is 0. The van der Waals surface area contributed by atoms with Crippen molar-refractivity contribution in [3.63, 3.8) is 0 Å². The Balaban J connectivity index is 1.92. The third kappa shape index (κ3) is 3.60. The van der Waals surface area contributed by atoms with E-state index in [2.05, 4.69) is 22.6 Å². The molecule has 1 aliphatic rings. The standard InChI is InChI=1S/C14H18INO2/c1-11(14(17)16-9-3-2-4-10-16)18-13-7-5-12(15)6-8-13/h5-8,11H,2-4,9-10H2,1H3. The maximum absolute atomic E-state index is 12.2. The second-order valence-electron chi connectivity index (χ2n) is 4.60. The van der Waals surface area contributed by atoms with Gasteiger partial charge in [0.1, 0.15) is 5.75 Å². The summed E-state index contributed by atoms with van der Waals surface area (Å²) in [5, 5.41) is 0. The van der Waals surface area contributed by atoms with Crippen LogP contribution < -0.4 is 4.74 Å². The van der Waals surface area contributed by atoms with E-state index in [0.29, 0.717) is 0 Å². The molecule has 2 rings (SSSR count). The zero-order chi connectivity index (χ0) is 13.0. The van der Waals surface area contributed by atoms with Gasteiger partial charge in [0.05, 0.1) is 0 Å². The van der Waals surface area contributed by atoms with E-state index in [0.717, 1.165) is 35.3 Å². The molecule has 1 amide bonds. The molecule has 98 valence electrons. The zero-order valence-corrected chi connectivity index (χ0v) is 12.7. The highest BCUT2D eigenvalue weighted by molar-refractivity contribution is 14.1. The van der Waals surface area contributed by atoms with E-state index >= 15 is 0 Å². The normalized spacial score (nSPS) is 17.3. The summed E-state index contributed by atoms with van der Waals surface area (Å²) in [5.41, 5.74) is 0. The number of hydrogen-bond acceptors (Lipinski definition) is 2. The van der Waals surface area contributed by atoms with E-state index in [9.17, 15) is 4.79 Å². The number of hydrogen-bond donors (Lipinski definition) is 0. The highest BCUT2D eigenvalue weighted by atomic mass is 127. The summed E-state index contributed by atoms with van der Waals surface area (Å²) in [4.78, 5) is 14.1. The molecule has 1 heterocycles. The number of carbonyl (C=O) groups is 1. The monoisotopic (exact) mass is 359 g/mol. The molecule has 18 heavy (non-hydrogen) atoms. The number of ether oxygens (including phenoxy) is 1. The van der Waals surface area contributed by atoms with E-state index in [-0.39, 0.29) is 5.91 Å². The zero-order valence-electron chi connectivity index (χ0n) is 10.6. The number of halogens is 1. The van der Waals surface area contributed by atoms with Gasteiger partial charge < -0.3 is 9.64 Å². The fourth-order valence-electron chi connectivity index (χ4n) is 2.14. The first-order valence-electron chi connectivity index (χ1n) is 6.38. The van der Waals surface area contributed by atoms with Crippen LogP contribution in [-0.4, -0.2) is 30.0 Å². The molecule has 0 spiro atoms. The Kier molecular flexibility index (Phi) is 4.86. The summed E-state index contributed by atoms with van der Waals surface area (Å²) in [6.45, 7) is 3.58. The minimum absolute atomic E-state index is 0.105. The summed E-state index contributed by atoms with van der Waals surface area (Å²) in [6, 6.07) is 7.77. The van der Waals surface area contributed by atoms with Crippen molar-refractivity contribution in [1.82, 2.24) is 4.90 Å². The van der Waals surface area contributed by atoms with Crippen LogP contribution in [0.5, 0.6) is 5.75 Å². The van der Waals surface area contributed by atoms with Crippen molar-refractivity contribution in [2.45, 2.75) is 32.3 Å². The van der Waals surface area contributed by atoms with E-state index in [1.807, 2.05) is 36.1 Å². The van der Waals surface area contributed by atoms with E-state index in [4.69, 9.17) is 4.74 Å². The molecule has 1 unspecified atom stereocenters. The Labute approximate surface area is 122 Å². The van der Waals surface area contributed by atoms with Gasteiger partial charge in [-0.05, 0) is 73.0 Å². The maximum atomic E-state index is 12.2. The lowest BCUT2D eigenvalue weighted by Crippen LogP contribution is -2.43. The van der Waals surface area contributed by atoms with Crippen LogP contribution in [0.3, 0.4) is 0 Å². The van der Waals surface area contributed by atoms with Gasteiger partial charge in [-0.1, -0.05) is 0 Å². The van der Waals surface area contributed by atoms with Crippen LogP contribution in [0.25, 0.3) is 0 Å². The number of carbonyl (C=O) groups excluding carboxylic acids is 1. The number of nitrogens with zero attached hydrogens (tertiary/aromatic N) is 1. The van der Waals surface area contributed by atoms with E-state index in [1.165, 1.54) is 6.42 Å². The molecule has 0 N–H and O–H groups in total. The molecule has 1 atom stereocenters. The van der Waals surface area contributed by atoms with Crippen LogP contribution in [-0.2, 0) is 4.79 Å². The van der Waals surface area contributed by atoms with Gasteiger partial charge in [-0.2, -0.15) is 0 Å². The van der Waals surface area contributed by atoms with Gasteiger partial charge in [0.25, 0.3) is 5.91 Å². The van der Waals surface area contributed by atoms with Gasteiger partial charge in [0, 0.05) is 16.7 Å². The molecule has 1 aromatic carbocycles. The number of benzene rings is 1. The molecule has 0 saturated carbocycles. The van der Waals surface area contributed by atoms with Crippen LogP contribution in [0.1, 0.15) is 26.2 Å². The molecule has 1 aliphatic heterocycles. The van der Waals surface area contributed by atoms with Gasteiger partial charge in [-0.3, -0.25) is 4.79 Å². The summed E-state index contributed by atoms with van der Waals surface area (Å²) < 4.78 is 6.85. The SMILES string of the molecule is CC(Oc1ccc(I)cc1)C(=O)N1CCCCC1. The molecule has 1 fully saturated rings. The van der Waals surface area contributed by atoms with Gasteiger partial charge in [-0.25, -0.2) is 0 Å². The number of piperidine rings is 1. The quantitative estimate of drug-likeness (QED) is 0.777. The van der Waals surface area contributed by atoms with Crippen molar-refractivity contribution in [2.75, 3.05) is 13.1 Å². The second kappa shape index (κ2) is 6.41. The van der Waals surface area contributed by atoms with Crippen LogP contribution in [0.2, 0.25) is 0 Å². The average molecular weight is 359 g/mol. The predicted molar refractivity (Wildman–Crippen MR) is 79.7 cm³/mol. The second-order valence-corrected chi connectivity index (χ2v) is 5.85. The van der Waals surface area contributed by atoms with Gasteiger partial charge >= 0.3 is 0 Å². The molecule has 0 radical (unpaired) electrons. The van der Waals surface area contributed by atoms with Crippen LogP contribution >= 0.6 is 22.6 Å². The minimum atomic E-state index is -0.400. The van der Waals surface area contributed by atoms with Crippen molar-refractivity contribution in [3.05, 3.63) is 27.8 Å². The first kappa shape index (κ1) is 13.6. The maximum Gasteiger partial charge on any atom is 0.263 e. The molecular weight excluding hydrogens is 341 g/mol. The largest absolute Gasteiger partial charge is 0.481 e. The van der Waals surface area contributed by atoms with Gasteiger partial charge in [0.2, 0.25) is 0 Å². The van der Waals surface area contributed by atoms with Crippen molar-refractivity contribution >= 4 is 28.5 Å². The molecular formula is C14H18INO2.